The average Bonchev–Trinajstić information content (AvgIpc) is 2.92. The molecule has 0 aliphatic heterocycles. The molecule has 5 heteroatoms. The Bertz CT molecular complexity index is 899. The smallest absolute Gasteiger partial charge is 0.231 e. The van der Waals surface area contributed by atoms with Crippen LogP contribution in [0.1, 0.15) is 40.0 Å². The van der Waals surface area contributed by atoms with Crippen LogP contribution in [0.5, 0.6) is 0 Å². The van der Waals surface area contributed by atoms with Crippen molar-refractivity contribution in [2.75, 3.05) is 5.32 Å². The molecule has 0 radical (unpaired) electrons. The zero-order valence-corrected chi connectivity index (χ0v) is 14.8. The van der Waals surface area contributed by atoms with E-state index < -0.39 is 5.41 Å². The molecular weight excluding hydrogens is 314 g/mol. The molecule has 1 aromatic carbocycles. The number of hydrogen-bond acceptors (Lipinski definition) is 4. The first-order valence-corrected chi connectivity index (χ1v) is 8.72. The van der Waals surface area contributed by atoms with Gasteiger partial charge in [0, 0.05) is 23.4 Å². The number of para-hydroxylation sites is 1. The van der Waals surface area contributed by atoms with Crippen LogP contribution in [0.25, 0.3) is 10.9 Å². The highest BCUT2D eigenvalue weighted by Crippen LogP contribution is 2.71. The lowest BCUT2D eigenvalue weighted by Gasteiger charge is -2.39. The molecule has 1 heterocycles. The van der Waals surface area contributed by atoms with E-state index >= 15 is 0 Å². The molecule has 2 aliphatic rings. The number of carbonyl (C=O) groups excluding carboxylic acids is 1. The summed E-state index contributed by atoms with van der Waals surface area (Å²) in [4.78, 5) is 17.8. The molecule has 2 fully saturated rings. The predicted molar refractivity (Wildman–Crippen MR) is 97.8 cm³/mol. The number of pyridine rings is 1. The minimum Gasteiger partial charge on any atom is -0.411 e. The number of amides is 1. The molecule has 2 aliphatic carbocycles. The van der Waals surface area contributed by atoms with Crippen LogP contribution in [0, 0.1) is 16.2 Å². The first-order valence-electron chi connectivity index (χ1n) is 8.72. The van der Waals surface area contributed by atoms with Crippen molar-refractivity contribution in [2.24, 2.45) is 21.4 Å². The average molecular weight is 337 g/mol. The Morgan fingerprint density at radius 3 is 2.68 bits per heavy atom. The van der Waals surface area contributed by atoms with E-state index in [1.54, 1.807) is 6.20 Å². The zero-order chi connectivity index (χ0) is 17.9. The van der Waals surface area contributed by atoms with Gasteiger partial charge in [0.1, 0.15) is 0 Å². The van der Waals surface area contributed by atoms with Crippen molar-refractivity contribution in [1.29, 1.82) is 0 Å². The van der Waals surface area contributed by atoms with Crippen molar-refractivity contribution in [1.82, 2.24) is 4.98 Å². The van der Waals surface area contributed by atoms with E-state index in [9.17, 15) is 10.0 Å². The van der Waals surface area contributed by atoms with E-state index in [1.165, 1.54) is 0 Å². The first kappa shape index (κ1) is 16.1. The molecular formula is C20H23N3O2. The van der Waals surface area contributed by atoms with Gasteiger partial charge >= 0.3 is 0 Å². The van der Waals surface area contributed by atoms with E-state index in [4.69, 9.17) is 0 Å². The topological polar surface area (TPSA) is 74.6 Å². The van der Waals surface area contributed by atoms with Crippen LogP contribution in [0.2, 0.25) is 0 Å². The summed E-state index contributed by atoms with van der Waals surface area (Å²) in [6.07, 6.45) is 3.91. The Kier molecular flexibility index (Phi) is 3.24. The van der Waals surface area contributed by atoms with Gasteiger partial charge in [0.2, 0.25) is 5.91 Å². The Morgan fingerprint density at radius 1 is 1.20 bits per heavy atom. The summed E-state index contributed by atoms with van der Waals surface area (Å²) in [5, 5.41) is 17.1. The van der Waals surface area contributed by atoms with Gasteiger partial charge in [0.25, 0.3) is 0 Å². The van der Waals surface area contributed by atoms with Crippen LogP contribution in [0.4, 0.5) is 5.69 Å². The fourth-order valence-electron chi connectivity index (χ4n) is 4.98. The summed E-state index contributed by atoms with van der Waals surface area (Å²) >= 11 is 0. The number of aromatic nitrogens is 1. The standard InChI is InChI=1S/C20H23N3O2/c1-18(2)19(3)9-10-20(18,12-15(19)23-25)17(24)22-14-8-4-6-13-7-5-11-21-16(13)14/h4-8,11,25H,9-10,12H2,1-3H3,(H,22,24)/b23-15+. The third-order valence-electron chi connectivity index (χ3n) is 7.17. The molecule has 1 aromatic heterocycles. The molecule has 1 amide bonds. The molecule has 0 spiro atoms. The highest BCUT2D eigenvalue weighted by Gasteiger charge is 2.71. The van der Waals surface area contributed by atoms with Crippen LogP contribution in [0.15, 0.2) is 41.7 Å². The second-order valence-electron chi connectivity index (χ2n) is 8.10. The minimum atomic E-state index is -0.555. The van der Waals surface area contributed by atoms with Gasteiger partial charge in [-0.2, -0.15) is 0 Å². The second kappa shape index (κ2) is 5.04. The number of rotatable bonds is 2. The summed E-state index contributed by atoms with van der Waals surface area (Å²) in [6, 6.07) is 9.68. The van der Waals surface area contributed by atoms with Gasteiger partial charge in [-0.05, 0) is 30.4 Å². The first-order chi connectivity index (χ1) is 11.9. The van der Waals surface area contributed by atoms with Crippen LogP contribution in [-0.4, -0.2) is 21.8 Å². The number of benzene rings is 1. The van der Waals surface area contributed by atoms with E-state index in [-0.39, 0.29) is 16.7 Å². The Balaban J connectivity index is 1.74. The fourth-order valence-corrected chi connectivity index (χ4v) is 4.98. The van der Waals surface area contributed by atoms with Crippen molar-refractivity contribution in [2.45, 2.75) is 40.0 Å². The quantitative estimate of drug-likeness (QED) is 0.636. The highest BCUT2D eigenvalue weighted by molar-refractivity contribution is 6.08. The van der Waals surface area contributed by atoms with E-state index in [1.807, 2.05) is 30.3 Å². The summed E-state index contributed by atoms with van der Waals surface area (Å²) in [7, 11) is 0. The maximum Gasteiger partial charge on any atom is 0.231 e. The normalized spacial score (nSPS) is 31.6. The van der Waals surface area contributed by atoms with Gasteiger partial charge in [-0.25, -0.2) is 0 Å². The molecule has 4 rings (SSSR count). The Morgan fingerprint density at radius 2 is 1.96 bits per heavy atom. The van der Waals surface area contributed by atoms with E-state index in [0.29, 0.717) is 6.42 Å². The number of oxime groups is 1. The molecule has 2 unspecified atom stereocenters. The molecule has 25 heavy (non-hydrogen) atoms. The van der Waals surface area contributed by atoms with Crippen molar-refractivity contribution < 1.29 is 10.0 Å². The van der Waals surface area contributed by atoms with E-state index in [2.05, 4.69) is 36.2 Å². The molecule has 2 atom stereocenters. The van der Waals surface area contributed by atoms with Gasteiger partial charge < -0.3 is 10.5 Å². The number of hydrogen-bond donors (Lipinski definition) is 2. The number of nitrogens with zero attached hydrogens (tertiary/aromatic N) is 2. The van der Waals surface area contributed by atoms with Gasteiger partial charge in [0.15, 0.2) is 0 Å². The predicted octanol–water partition coefficient (Wildman–Crippen LogP) is 4.22. The maximum absolute atomic E-state index is 13.4. The molecule has 2 N–H and O–H groups in total. The van der Waals surface area contributed by atoms with Crippen molar-refractivity contribution in [3.05, 3.63) is 36.5 Å². The largest absolute Gasteiger partial charge is 0.411 e. The van der Waals surface area contributed by atoms with Gasteiger partial charge in [-0.3, -0.25) is 9.78 Å². The monoisotopic (exact) mass is 337 g/mol. The molecule has 2 aromatic rings. The second-order valence-corrected chi connectivity index (χ2v) is 8.10. The molecule has 0 saturated heterocycles. The summed E-state index contributed by atoms with van der Waals surface area (Å²) in [5.74, 6) is -0.00183. The summed E-state index contributed by atoms with van der Waals surface area (Å²) < 4.78 is 0. The molecule has 2 saturated carbocycles. The van der Waals surface area contributed by atoms with Crippen molar-refractivity contribution in [3.8, 4) is 0 Å². The lowest BCUT2D eigenvalue weighted by atomic mass is 9.64. The minimum absolute atomic E-state index is 0.00183. The lowest BCUT2D eigenvalue weighted by molar-refractivity contribution is -0.130. The number of nitrogens with one attached hydrogen (secondary N) is 1. The van der Waals surface area contributed by atoms with Crippen molar-refractivity contribution >= 4 is 28.2 Å². The number of carbonyl (C=O) groups is 1. The SMILES string of the molecule is CC12CCC(C(=O)Nc3cccc4cccnc34)(C/C1=N\O)C2(C)C. The third kappa shape index (κ3) is 1.86. The molecule has 2 bridgehead atoms. The summed E-state index contributed by atoms with van der Waals surface area (Å²) in [6.45, 7) is 6.36. The molecule has 5 nitrogen and oxygen atoms in total. The maximum atomic E-state index is 13.4. The zero-order valence-electron chi connectivity index (χ0n) is 14.8. The highest BCUT2D eigenvalue weighted by atomic mass is 16.4. The van der Waals surface area contributed by atoms with E-state index in [0.717, 1.165) is 35.1 Å². The van der Waals surface area contributed by atoms with Crippen LogP contribution < -0.4 is 5.32 Å². The van der Waals surface area contributed by atoms with Crippen LogP contribution in [0.3, 0.4) is 0 Å². The fraction of sp³-hybridized carbons (Fsp3) is 0.450. The number of fused-ring (bicyclic) bond motifs is 3. The van der Waals surface area contributed by atoms with Gasteiger partial charge in [-0.15, -0.1) is 0 Å². The van der Waals surface area contributed by atoms with Crippen LogP contribution >= 0.6 is 0 Å². The Labute approximate surface area is 147 Å². The molecule has 130 valence electrons. The number of anilines is 1. The summed E-state index contributed by atoms with van der Waals surface area (Å²) in [5.41, 5.74) is 1.20. The third-order valence-corrected chi connectivity index (χ3v) is 7.17. The van der Waals surface area contributed by atoms with Gasteiger partial charge in [-0.1, -0.05) is 44.1 Å². The van der Waals surface area contributed by atoms with Crippen LogP contribution in [-0.2, 0) is 4.79 Å². The Hall–Kier alpha value is -2.43. The van der Waals surface area contributed by atoms with Crippen molar-refractivity contribution in [3.63, 3.8) is 0 Å². The van der Waals surface area contributed by atoms with Gasteiger partial charge in [0.05, 0.1) is 22.3 Å². The lowest BCUT2D eigenvalue weighted by Crippen LogP contribution is -2.43.